The second kappa shape index (κ2) is 9.66. The molecule has 0 spiro atoms. The van der Waals surface area contributed by atoms with Crippen LogP contribution >= 0.6 is 0 Å². The Balaban J connectivity index is 2.18. The monoisotopic (exact) mass is 404 g/mol. The lowest BCUT2D eigenvalue weighted by atomic mass is 9.94. The first-order valence-corrected chi connectivity index (χ1v) is 9.45. The second-order valence-corrected chi connectivity index (χ2v) is 6.52. The lowest BCUT2D eigenvalue weighted by Crippen LogP contribution is -1.96. The molecule has 0 aliphatic carbocycles. The van der Waals surface area contributed by atoms with Crippen LogP contribution < -0.4 is 18.9 Å². The number of ether oxygens (including phenoxy) is 4. The molecule has 0 atom stereocenters. The first kappa shape index (κ1) is 21.0. The van der Waals surface area contributed by atoms with Crippen LogP contribution in [0.1, 0.15) is 12.1 Å². The average molecular weight is 404 g/mol. The van der Waals surface area contributed by atoms with Crippen molar-refractivity contribution in [1.82, 2.24) is 4.98 Å². The molecule has 0 fully saturated rings. The number of aryl methyl sites for hydroxylation is 1. The third-order valence-corrected chi connectivity index (χ3v) is 4.84. The fraction of sp³-hybridized carbons (Fsp3) is 0.250. The van der Waals surface area contributed by atoms with Gasteiger partial charge in [-0.2, -0.15) is 5.26 Å². The molecular weight excluding hydrogens is 380 g/mol. The summed E-state index contributed by atoms with van der Waals surface area (Å²) in [5, 5.41) is 8.95. The van der Waals surface area contributed by atoms with E-state index in [1.807, 2.05) is 48.7 Å². The van der Waals surface area contributed by atoms with Gasteiger partial charge in [-0.1, -0.05) is 12.1 Å². The molecule has 0 N–H and O–H groups in total. The number of methoxy groups -OCH3 is 4. The Bertz CT molecular complexity index is 1070. The van der Waals surface area contributed by atoms with Gasteiger partial charge in [0, 0.05) is 30.3 Å². The van der Waals surface area contributed by atoms with Crippen molar-refractivity contribution >= 4 is 0 Å². The van der Waals surface area contributed by atoms with Crippen LogP contribution in [0.5, 0.6) is 23.0 Å². The number of nitrogens with zero attached hydrogens (tertiary/aromatic N) is 2. The van der Waals surface area contributed by atoms with Gasteiger partial charge in [0.15, 0.2) is 23.0 Å². The van der Waals surface area contributed by atoms with Crippen LogP contribution in [0.3, 0.4) is 0 Å². The number of hydrogen-bond donors (Lipinski definition) is 0. The molecule has 6 heteroatoms. The van der Waals surface area contributed by atoms with E-state index in [9.17, 15) is 0 Å². The third kappa shape index (κ3) is 4.31. The zero-order valence-corrected chi connectivity index (χ0v) is 17.6. The standard InChI is InChI=1S/C24H24N2O4/c1-27-21-9-7-16(12-23(21)29-3)19-14-18(6-5-11-25)26-15-20(19)17-8-10-22(28-2)24(13-17)30-4/h7-10,12-15H,5-6H2,1-4H3. The van der Waals surface area contributed by atoms with E-state index in [1.165, 1.54) is 0 Å². The van der Waals surface area contributed by atoms with E-state index in [4.69, 9.17) is 24.2 Å². The summed E-state index contributed by atoms with van der Waals surface area (Å²) in [4.78, 5) is 4.57. The lowest BCUT2D eigenvalue weighted by Gasteiger charge is -2.15. The summed E-state index contributed by atoms with van der Waals surface area (Å²) in [6.07, 6.45) is 2.83. The summed E-state index contributed by atoms with van der Waals surface area (Å²) in [6, 6.07) is 15.8. The molecule has 0 saturated carbocycles. The third-order valence-electron chi connectivity index (χ3n) is 4.84. The molecular formula is C24H24N2O4. The molecule has 3 rings (SSSR count). The van der Waals surface area contributed by atoms with Crippen LogP contribution in [0.4, 0.5) is 0 Å². The van der Waals surface area contributed by atoms with Crippen molar-refractivity contribution in [3.05, 3.63) is 54.4 Å². The molecule has 0 bridgehead atoms. The summed E-state index contributed by atoms with van der Waals surface area (Å²) in [5.74, 6) is 2.60. The van der Waals surface area contributed by atoms with Crippen molar-refractivity contribution in [1.29, 1.82) is 5.26 Å². The van der Waals surface area contributed by atoms with Crippen molar-refractivity contribution in [2.45, 2.75) is 12.8 Å². The smallest absolute Gasteiger partial charge is 0.161 e. The zero-order valence-electron chi connectivity index (χ0n) is 17.6. The van der Waals surface area contributed by atoms with Crippen molar-refractivity contribution in [3.63, 3.8) is 0 Å². The van der Waals surface area contributed by atoms with Crippen molar-refractivity contribution in [2.24, 2.45) is 0 Å². The van der Waals surface area contributed by atoms with Crippen molar-refractivity contribution < 1.29 is 18.9 Å². The normalized spacial score (nSPS) is 10.2. The van der Waals surface area contributed by atoms with E-state index in [1.54, 1.807) is 28.4 Å². The van der Waals surface area contributed by atoms with Gasteiger partial charge in [0.25, 0.3) is 0 Å². The molecule has 154 valence electrons. The van der Waals surface area contributed by atoms with E-state index in [2.05, 4.69) is 11.1 Å². The van der Waals surface area contributed by atoms with Crippen LogP contribution in [-0.2, 0) is 6.42 Å². The fourth-order valence-corrected chi connectivity index (χ4v) is 3.30. The van der Waals surface area contributed by atoms with Gasteiger partial charge in [-0.3, -0.25) is 4.98 Å². The molecule has 1 heterocycles. The van der Waals surface area contributed by atoms with Gasteiger partial charge in [-0.05, 0) is 47.0 Å². The average Bonchev–Trinajstić information content (AvgIpc) is 2.81. The van der Waals surface area contributed by atoms with Crippen molar-refractivity contribution in [3.8, 4) is 51.3 Å². The van der Waals surface area contributed by atoms with Crippen LogP contribution in [0, 0.1) is 11.3 Å². The van der Waals surface area contributed by atoms with E-state index >= 15 is 0 Å². The topological polar surface area (TPSA) is 73.6 Å². The van der Waals surface area contributed by atoms with Gasteiger partial charge in [0.05, 0.1) is 34.5 Å². The lowest BCUT2D eigenvalue weighted by molar-refractivity contribution is 0.355. The van der Waals surface area contributed by atoms with Gasteiger partial charge < -0.3 is 18.9 Å². The number of hydrogen-bond acceptors (Lipinski definition) is 6. The van der Waals surface area contributed by atoms with Gasteiger partial charge in [0.1, 0.15) is 0 Å². The minimum atomic E-state index is 0.411. The molecule has 0 radical (unpaired) electrons. The number of rotatable bonds is 8. The first-order valence-electron chi connectivity index (χ1n) is 9.45. The summed E-state index contributed by atoms with van der Waals surface area (Å²) in [5.41, 5.74) is 4.66. The highest BCUT2D eigenvalue weighted by Gasteiger charge is 2.15. The largest absolute Gasteiger partial charge is 0.493 e. The first-order chi connectivity index (χ1) is 14.6. The molecule has 2 aromatic carbocycles. The van der Waals surface area contributed by atoms with E-state index < -0.39 is 0 Å². The van der Waals surface area contributed by atoms with E-state index in [0.717, 1.165) is 27.9 Å². The van der Waals surface area contributed by atoms with E-state index in [-0.39, 0.29) is 0 Å². The number of benzene rings is 2. The quantitative estimate of drug-likeness (QED) is 0.531. The minimum absolute atomic E-state index is 0.411. The van der Waals surface area contributed by atoms with Gasteiger partial charge in [-0.15, -0.1) is 0 Å². The predicted octanol–water partition coefficient (Wildman–Crippen LogP) is 4.91. The maximum atomic E-state index is 8.95. The molecule has 6 nitrogen and oxygen atoms in total. The Morgan fingerprint density at radius 2 is 1.27 bits per heavy atom. The van der Waals surface area contributed by atoms with Crippen LogP contribution in [0.25, 0.3) is 22.3 Å². The Morgan fingerprint density at radius 3 is 1.77 bits per heavy atom. The number of aromatic nitrogens is 1. The summed E-state index contributed by atoms with van der Waals surface area (Å²) < 4.78 is 21.7. The summed E-state index contributed by atoms with van der Waals surface area (Å²) in [7, 11) is 6.44. The zero-order chi connectivity index (χ0) is 21.5. The number of pyridine rings is 1. The Morgan fingerprint density at radius 1 is 0.733 bits per heavy atom. The molecule has 0 saturated heterocycles. The molecule has 0 aliphatic rings. The van der Waals surface area contributed by atoms with E-state index in [0.29, 0.717) is 35.8 Å². The minimum Gasteiger partial charge on any atom is -0.493 e. The summed E-state index contributed by atoms with van der Waals surface area (Å²) in [6.45, 7) is 0. The highest BCUT2D eigenvalue weighted by atomic mass is 16.5. The highest BCUT2D eigenvalue weighted by Crippen LogP contribution is 2.39. The molecule has 0 amide bonds. The Labute approximate surface area is 176 Å². The number of nitriles is 1. The fourth-order valence-electron chi connectivity index (χ4n) is 3.30. The highest BCUT2D eigenvalue weighted by molar-refractivity contribution is 5.85. The van der Waals surface area contributed by atoms with Crippen LogP contribution in [0.15, 0.2) is 48.7 Å². The van der Waals surface area contributed by atoms with Crippen LogP contribution in [-0.4, -0.2) is 33.4 Å². The maximum Gasteiger partial charge on any atom is 0.161 e. The molecule has 3 aromatic rings. The van der Waals surface area contributed by atoms with Gasteiger partial charge in [-0.25, -0.2) is 0 Å². The van der Waals surface area contributed by atoms with Crippen LogP contribution in [0.2, 0.25) is 0 Å². The maximum absolute atomic E-state index is 8.95. The van der Waals surface area contributed by atoms with Crippen molar-refractivity contribution in [2.75, 3.05) is 28.4 Å². The Hall–Kier alpha value is -3.72. The predicted molar refractivity (Wildman–Crippen MR) is 115 cm³/mol. The summed E-state index contributed by atoms with van der Waals surface area (Å²) >= 11 is 0. The second-order valence-electron chi connectivity index (χ2n) is 6.52. The SMILES string of the molecule is COc1ccc(-c2cnc(CCC#N)cc2-c2ccc(OC)c(OC)c2)cc1OC. The Kier molecular flexibility index (Phi) is 6.76. The molecule has 1 aromatic heterocycles. The molecule has 0 unspecified atom stereocenters. The molecule has 0 aliphatic heterocycles. The van der Waals surface area contributed by atoms with Gasteiger partial charge in [0.2, 0.25) is 0 Å². The molecule has 30 heavy (non-hydrogen) atoms. The van der Waals surface area contributed by atoms with Gasteiger partial charge >= 0.3 is 0 Å².